The van der Waals surface area contributed by atoms with Crippen LogP contribution in [0.1, 0.15) is 45.4 Å². The first-order valence-corrected chi connectivity index (χ1v) is 6.12. The standard InChI is InChI=1S/C13H26N2/c1-4-6-7-8-9-10-12-15(5-2)13-11-14-3/h5,11H,2,4,6-10,12-13H2,1,3H3. The molecule has 0 rings (SSSR count). The molecule has 0 amide bonds. The van der Waals surface area contributed by atoms with E-state index < -0.39 is 0 Å². The van der Waals surface area contributed by atoms with Gasteiger partial charge in [0.05, 0.1) is 6.54 Å². The summed E-state index contributed by atoms with van der Waals surface area (Å²) in [6, 6.07) is 0. The van der Waals surface area contributed by atoms with Gasteiger partial charge in [-0.05, 0) is 12.6 Å². The van der Waals surface area contributed by atoms with E-state index in [0.29, 0.717) is 0 Å². The van der Waals surface area contributed by atoms with Crippen molar-refractivity contribution in [2.24, 2.45) is 4.99 Å². The molecule has 2 heteroatoms. The summed E-state index contributed by atoms with van der Waals surface area (Å²) in [7, 11) is 1.81. The molecule has 0 bridgehead atoms. The summed E-state index contributed by atoms with van der Waals surface area (Å²) < 4.78 is 0. The molecule has 0 saturated heterocycles. The Morgan fingerprint density at radius 2 is 1.80 bits per heavy atom. The molecule has 0 N–H and O–H groups in total. The number of rotatable bonds is 10. The number of unbranched alkanes of at least 4 members (excludes halogenated alkanes) is 5. The molecule has 2 nitrogen and oxygen atoms in total. The number of nitrogens with zero attached hydrogens (tertiary/aromatic N) is 2. The van der Waals surface area contributed by atoms with Crippen LogP contribution in [0.25, 0.3) is 0 Å². The third kappa shape index (κ3) is 9.51. The maximum Gasteiger partial charge on any atom is 0.0522 e. The molecule has 0 aliphatic carbocycles. The van der Waals surface area contributed by atoms with Gasteiger partial charge in [0.1, 0.15) is 0 Å². The van der Waals surface area contributed by atoms with E-state index in [9.17, 15) is 0 Å². The zero-order valence-electron chi connectivity index (χ0n) is 10.4. The second-order valence-corrected chi connectivity index (χ2v) is 3.89. The highest BCUT2D eigenvalue weighted by Gasteiger charge is 1.96. The van der Waals surface area contributed by atoms with E-state index in [0.717, 1.165) is 13.1 Å². The zero-order valence-corrected chi connectivity index (χ0v) is 10.4. The second kappa shape index (κ2) is 11.3. The quantitative estimate of drug-likeness (QED) is 0.398. The molecule has 0 atom stereocenters. The molecule has 0 saturated carbocycles. The van der Waals surface area contributed by atoms with Gasteiger partial charge in [0, 0.05) is 19.8 Å². The van der Waals surface area contributed by atoms with Crippen LogP contribution in [0.3, 0.4) is 0 Å². The SMILES string of the molecule is C=CN(CC=NC)CCCCCCCC. The fourth-order valence-electron chi connectivity index (χ4n) is 1.54. The molecule has 0 aromatic rings. The maximum atomic E-state index is 3.98. The Balaban J connectivity index is 3.34. The molecular formula is C13H26N2. The molecule has 0 heterocycles. The van der Waals surface area contributed by atoms with Crippen molar-refractivity contribution in [3.63, 3.8) is 0 Å². The van der Waals surface area contributed by atoms with Gasteiger partial charge in [0.2, 0.25) is 0 Å². The van der Waals surface area contributed by atoms with Crippen LogP contribution in [-0.2, 0) is 0 Å². The Labute approximate surface area is 95.1 Å². The molecule has 0 aliphatic rings. The Morgan fingerprint density at radius 3 is 2.40 bits per heavy atom. The number of hydrogen-bond acceptors (Lipinski definition) is 2. The molecule has 0 aliphatic heterocycles. The first-order valence-electron chi connectivity index (χ1n) is 6.12. The van der Waals surface area contributed by atoms with E-state index in [1.165, 1.54) is 38.5 Å². The van der Waals surface area contributed by atoms with Crippen LogP contribution in [0.5, 0.6) is 0 Å². The fourth-order valence-corrected chi connectivity index (χ4v) is 1.54. The first-order chi connectivity index (χ1) is 7.35. The molecule has 0 aromatic carbocycles. The van der Waals surface area contributed by atoms with Gasteiger partial charge < -0.3 is 4.90 Å². The summed E-state index contributed by atoms with van der Waals surface area (Å²) >= 11 is 0. The zero-order chi connectivity index (χ0) is 11.4. The lowest BCUT2D eigenvalue weighted by Gasteiger charge is -2.17. The van der Waals surface area contributed by atoms with Gasteiger partial charge in [-0.2, -0.15) is 0 Å². The Morgan fingerprint density at radius 1 is 1.13 bits per heavy atom. The molecule has 15 heavy (non-hydrogen) atoms. The molecule has 0 aromatic heterocycles. The highest BCUT2D eigenvalue weighted by atomic mass is 15.1. The summed E-state index contributed by atoms with van der Waals surface area (Å²) in [5.41, 5.74) is 0. The average Bonchev–Trinajstić information content (AvgIpc) is 2.27. The Kier molecular flexibility index (Phi) is 10.7. The van der Waals surface area contributed by atoms with Gasteiger partial charge >= 0.3 is 0 Å². The molecule has 0 radical (unpaired) electrons. The Hall–Kier alpha value is -0.790. The van der Waals surface area contributed by atoms with Gasteiger partial charge in [0.15, 0.2) is 0 Å². The van der Waals surface area contributed by atoms with E-state index in [1.54, 1.807) is 0 Å². The van der Waals surface area contributed by atoms with Crippen LogP contribution in [0.15, 0.2) is 17.8 Å². The molecule has 0 unspecified atom stereocenters. The van der Waals surface area contributed by atoms with Crippen LogP contribution in [0.2, 0.25) is 0 Å². The van der Waals surface area contributed by atoms with Crippen molar-refractivity contribution in [1.29, 1.82) is 0 Å². The van der Waals surface area contributed by atoms with Crippen molar-refractivity contribution < 1.29 is 0 Å². The number of hydrogen-bond donors (Lipinski definition) is 0. The highest BCUT2D eigenvalue weighted by molar-refractivity contribution is 5.59. The minimum Gasteiger partial charge on any atom is -0.373 e. The van der Waals surface area contributed by atoms with Gasteiger partial charge in [-0.15, -0.1) is 0 Å². The molecule has 88 valence electrons. The third-order valence-electron chi connectivity index (χ3n) is 2.56. The first kappa shape index (κ1) is 14.2. The number of aliphatic imine (C=N–C) groups is 1. The lowest BCUT2D eigenvalue weighted by atomic mass is 10.1. The summed E-state index contributed by atoms with van der Waals surface area (Å²) in [5.74, 6) is 0. The van der Waals surface area contributed by atoms with Crippen molar-refractivity contribution in [2.75, 3.05) is 20.1 Å². The second-order valence-electron chi connectivity index (χ2n) is 3.89. The van der Waals surface area contributed by atoms with Crippen LogP contribution < -0.4 is 0 Å². The van der Waals surface area contributed by atoms with Gasteiger partial charge in [-0.3, -0.25) is 4.99 Å². The largest absolute Gasteiger partial charge is 0.373 e. The summed E-state index contributed by atoms with van der Waals surface area (Å²) in [6.45, 7) is 8.07. The smallest absolute Gasteiger partial charge is 0.0522 e. The van der Waals surface area contributed by atoms with Gasteiger partial charge in [0.25, 0.3) is 0 Å². The molecular weight excluding hydrogens is 184 g/mol. The molecule has 0 fully saturated rings. The lowest BCUT2D eigenvalue weighted by molar-refractivity contribution is 0.408. The summed E-state index contributed by atoms with van der Waals surface area (Å²) in [5, 5.41) is 0. The van der Waals surface area contributed by atoms with Crippen LogP contribution in [0.4, 0.5) is 0 Å². The van der Waals surface area contributed by atoms with E-state index >= 15 is 0 Å². The van der Waals surface area contributed by atoms with Crippen molar-refractivity contribution >= 4 is 6.21 Å². The maximum absolute atomic E-state index is 3.98. The summed E-state index contributed by atoms with van der Waals surface area (Å²) in [4.78, 5) is 6.19. The van der Waals surface area contributed by atoms with Crippen LogP contribution in [0, 0.1) is 0 Å². The van der Waals surface area contributed by atoms with E-state index in [-0.39, 0.29) is 0 Å². The summed E-state index contributed by atoms with van der Waals surface area (Å²) in [6.07, 6.45) is 11.9. The van der Waals surface area contributed by atoms with Crippen molar-refractivity contribution in [3.05, 3.63) is 12.8 Å². The van der Waals surface area contributed by atoms with Gasteiger partial charge in [-0.25, -0.2) is 0 Å². The van der Waals surface area contributed by atoms with Crippen LogP contribution in [-0.4, -0.2) is 31.3 Å². The Bertz CT molecular complexity index is 164. The average molecular weight is 210 g/mol. The van der Waals surface area contributed by atoms with E-state index in [2.05, 4.69) is 23.4 Å². The van der Waals surface area contributed by atoms with Crippen molar-refractivity contribution in [1.82, 2.24) is 4.90 Å². The normalized spacial score (nSPS) is 10.8. The van der Waals surface area contributed by atoms with Crippen molar-refractivity contribution in [3.8, 4) is 0 Å². The minimum atomic E-state index is 0.898. The van der Waals surface area contributed by atoms with Crippen LogP contribution >= 0.6 is 0 Å². The van der Waals surface area contributed by atoms with Gasteiger partial charge in [-0.1, -0.05) is 45.6 Å². The third-order valence-corrected chi connectivity index (χ3v) is 2.56. The molecule has 0 spiro atoms. The minimum absolute atomic E-state index is 0.898. The fraction of sp³-hybridized carbons (Fsp3) is 0.769. The van der Waals surface area contributed by atoms with E-state index in [1.807, 2.05) is 19.5 Å². The van der Waals surface area contributed by atoms with Crippen molar-refractivity contribution in [2.45, 2.75) is 45.4 Å². The highest BCUT2D eigenvalue weighted by Crippen LogP contribution is 2.05. The predicted molar refractivity (Wildman–Crippen MR) is 69.6 cm³/mol. The monoisotopic (exact) mass is 210 g/mol. The lowest BCUT2D eigenvalue weighted by Crippen LogP contribution is -2.20. The van der Waals surface area contributed by atoms with E-state index in [4.69, 9.17) is 0 Å². The topological polar surface area (TPSA) is 15.6 Å². The predicted octanol–water partition coefficient (Wildman–Crippen LogP) is 3.49.